The Labute approximate surface area is 246 Å². The second kappa shape index (κ2) is 11.9. The van der Waals surface area contributed by atoms with Crippen LogP contribution in [0.15, 0.2) is 73.8 Å². The number of thioether (sulfide) groups is 1. The maximum absolute atomic E-state index is 13.4. The van der Waals surface area contributed by atoms with Gasteiger partial charge in [0.25, 0.3) is 5.91 Å². The van der Waals surface area contributed by atoms with Gasteiger partial charge in [0, 0.05) is 28.8 Å². The van der Waals surface area contributed by atoms with E-state index in [1.807, 2.05) is 29.7 Å². The minimum atomic E-state index is -0.375. The molecule has 1 N–H and O–H groups in total. The van der Waals surface area contributed by atoms with Crippen LogP contribution in [0.2, 0.25) is 0 Å². The number of methoxy groups -OCH3 is 1. The van der Waals surface area contributed by atoms with Crippen molar-refractivity contribution in [1.82, 2.24) is 4.90 Å². The van der Waals surface area contributed by atoms with Gasteiger partial charge in [-0.1, -0.05) is 42.2 Å². The molecule has 0 bridgehead atoms. The van der Waals surface area contributed by atoms with E-state index in [2.05, 4.69) is 21.2 Å². The van der Waals surface area contributed by atoms with E-state index in [0.717, 1.165) is 4.88 Å². The molecule has 0 spiro atoms. The van der Waals surface area contributed by atoms with E-state index in [4.69, 9.17) is 21.4 Å². The number of ether oxygens (including phenoxy) is 1. The molecule has 39 heavy (non-hydrogen) atoms. The van der Waals surface area contributed by atoms with Gasteiger partial charge in [0.1, 0.15) is 15.7 Å². The lowest BCUT2D eigenvalue weighted by molar-refractivity contribution is -0.122. The Bertz CT molecular complexity index is 1630. The van der Waals surface area contributed by atoms with Gasteiger partial charge in [-0.2, -0.15) is 0 Å². The first-order valence-corrected chi connectivity index (χ1v) is 14.7. The predicted molar refractivity (Wildman–Crippen MR) is 162 cm³/mol. The monoisotopic (exact) mass is 640 g/mol. The lowest BCUT2D eigenvalue weighted by atomic mass is 10.1. The molecule has 1 aliphatic heterocycles. The number of rotatable bonds is 9. The fourth-order valence-corrected chi connectivity index (χ4v) is 6.64. The van der Waals surface area contributed by atoms with Gasteiger partial charge in [-0.3, -0.25) is 19.3 Å². The topological polar surface area (TPSA) is 88.8 Å². The van der Waals surface area contributed by atoms with Crippen LogP contribution in [0.1, 0.15) is 33.8 Å². The molecule has 1 fully saturated rings. The molecular formula is C28H21BrN2O5S3. The number of nitrogens with one attached hydrogen (secondary N) is 1. The molecule has 0 aliphatic carbocycles. The van der Waals surface area contributed by atoms with Gasteiger partial charge in [0.05, 0.1) is 22.2 Å². The number of thiocarbonyl (C=S) groups is 1. The van der Waals surface area contributed by atoms with E-state index < -0.39 is 0 Å². The fraction of sp³-hybridized carbons (Fsp3) is 0.143. The minimum Gasteiger partial charge on any atom is -0.496 e. The molecule has 11 heteroatoms. The van der Waals surface area contributed by atoms with Gasteiger partial charge in [0.2, 0.25) is 11.7 Å². The van der Waals surface area contributed by atoms with E-state index in [0.29, 0.717) is 54.6 Å². The number of nitrogens with zero attached hydrogens (tertiary/aromatic N) is 1. The Morgan fingerprint density at radius 3 is 2.74 bits per heavy atom. The van der Waals surface area contributed by atoms with Crippen LogP contribution in [0.5, 0.6) is 5.75 Å². The van der Waals surface area contributed by atoms with Crippen molar-refractivity contribution >= 4 is 95.9 Å². The number of carbonyl (C=O) groups is 3. The number of furan rings is 1. The summed E-state index contributed by atoms with van der Waals surface area (Å²) >= 11 is 11.6. The van der Waals surface area contributed by atoms with Gasteiger partial charge in [-0.25, -0.2) is 0 Å². The smallest absolute Gasteiger partial charge is 0.266 e. The number of halogens is 1. The molecule has 0 radical (unpaired) electrons. The largest absolute Gasteiger partial charge is 0.496 e. The molecule has 3 heterocycles. The normalized spacial score (nSPS) is 14.4. The SMILES string of the molecule is COc1ccc(C(=O)c2oc3ccccc3c2NC(=O)CCCN2C(=O)/C(=C/c3cccs3)SC2=S)cc1Br. The third-order valence-electron chi connectivity index (χ3n) is 5.96. The van der Waals surface area contributed by atoms with Crippen LogP contribution in [0.25, 0.3) is 17.0 Å². The fourth-order valence-electron chi connectivity index (χ4n) is 4.06. The van der Waals surface area contributed by atoms with Crippen molar-refractivity contribution in [3.8, 4) is 5.75 Å². The van der Waals surface area contributed by atoms with Crippen LogP contribution in [0.4, 0.5) is 5.69 Å². The number of carbonyl (C=O) groups excluding carboxylic acids is 3. The number of hydrogen-bond donors (Lipinski definition) is 1. The Balaban J connectivity index is 1.28. The molecule has 0 saturated carbocycles. The van der Waals surface area contributed by atoms with Crippen molar-refractivity contribution in [1.29, 1.82) is 0 Å². The molecule has 0 atom stereocenters. The lowest BCUT2D eigenvalue weighted by Crippen LogP contribution is -2.29. The molecule has 2 aromatic carbocycles. The number of thiophene rings is 1. The molecule has 4 aromatic rings. The van der Waals surface area contributed by atoms with Crippen molar-refractivity contribution in [2.75, 3.05) is 19.0 Å². The standard InChI is InChI=1S/C28H21BrN2O5S3/c1-35-21-11-10-16(14-19(21)29)25(33)26-24(18-7-2-3-8-20(18)36-26)30-23(32)9-4-12-31-27(34)22(39-28(31)37)15-17-6-5-13-38-17/h2-3,5-8,10-11,13-15H,4,9,12H2,1H3,(H,30,32)/b22-15-. The van der Waals surface area contributed by atoms with E-state index in [1.165, 1.54) is 16.7 Å². The van der Waals surface area contributed by atoms with Crippen molar-refractivity contribution < 1.29 is 23.5 Å². The molecule has 1 aliphatic rings. The Hall–Kier alpha value is -3.25. The number of para-hydroxylation sites is 1. The Kier molecular flexibility index (Phi) is 8.31. The second-order valence-corrected chi connectivity index (χ2v) is 12.0. The highest BCUT2D eigenvalue weighted by Crippen LogP contribution is 2.35. The third kappa shape index (κ3) is 5.86. The summed E-state index contributed by atoms with van der Waals surface area (Å²) < 4.78 is 12.2. The van der Waals surface area contributed by atoms with E-state index >= 15 is 0 Å². The van der Waals surface area contributed by atoms with Crippen molar-refractivity contribution in [3.05, 3.63) is 85.6 Å². The highest BCUT2D eigenvalue weighted by molar-refractivity contribution is 9.10. The first-order valence-electron chi connectivity index (χ1n) is 11.8. The summed E-state index contributed by atoms with van der Waals surface area (Å²) in [6.07, 6.45) is 2.36. The maximum Gasteiger partial charge on any atom is 0.266 e. The zero-order valence-corrected chi connectivity index (χ0v) is 24.6. The minimum absolute atomic E-state index is 0.0391. The van der Waals surface area contributed by atoms with Crippen LogP contribution in [0.3, 0.4) is 0 Å². The summed E-state index contributed by atoms with van der Waals surface area (Å²) in [5.74, 6) is -0.199. The number of hydrogen-bond acceptors (Lipinski definition) is 8. The summed E-state index contributed by atoms with van der Waals surface area (Å²) in [4.78, 5) is 42.3. The van der Waals surface area contributed by atoms with E-state index in [9.17, 15) is 14.4 Å². The number of ketones is 1. The predicted octanol–water partition coefficient (Wildman–Crippen LogP) is 7.12. The average molecular weight is 642 g/mol. The third-order valence-corrected chi connectivity index (χ3v) is 8.77. The van der Waals surface area contributed by atoms with Gasteiger partial charge in [0.15, 0.2) is 5.76 Å². The van der Waals surface area contributed by atoms with Gasteiger partial charge >= 0.3 is 0 Å². The number of anilines is 1. The first-order chi connectivity index (χ1) is 18.9. The summed E-state index contributed by atoms with van der Waals surface area (Å²) in [6.45, 7) is 0.317. The number of fused-ring (bicyclic) bond motifs is 1. The molecule has 1 saturated heterocycles. The lowest BCUT2D eigenvalue weighted by Gasteiger charge is -2.14. The highest BCUT2D eigenvalue weighted by Gasteiger charge is 2.32. The van der Waals surface area contributed by atoms with Crippen LogP contribution < -0.4 is 10.1 Å². The van der Waals surface area contributed by atoms with E-state index in [-0.39, 0.29) is 29.8 Å². The first kappa shape index (κ1) is 27.3. The van der Waals surface area contributed by atoms with Crippen LogP contribution in [-0.4, -0.2) is 40.5 Å². The van der Waals surface area contributed by atoms with Crippen molar-refractivity contribution in [2.45, 2.75) is 12.8 Å². The summed E-state index contributed by atoms with van der Waals surface area (Å²) in [7, 11) is 1.54. The van der Waals surface area contributed by atoms with Crippen LogP contribution in [-0.2, 0) is 9.59 Å². The molecule has 2 amide bonds. The quantitative estimate of drug-likeness (QED) is 0.118. The van der Waals surface area contributed by atoms with E-state index in [1.54, 1.807) is 54.8 Å². The zero-order valence-electron chi connectivity index (χ0n) is 20.6. The zero-order chi connectivity index (χ0) is 27.5. The van der Waals surface area contributed by atoms with Crippen molar-refractivity contribution in [3.63, 3.8) is 0 Å². The highest BCUT2D eigenvalue weighted by atomic mass is 79.9. The molecule has 0 unspecified atom stereocenters. The average Bonchev–Trinajstić information content (AvgIpc) is 3.64. The number of amides is 2. The van der Waals surface area contributed by atoms with Crippen LogP contribution in [0, 0.1) is 0 Å². The molecule has 198 valence electrons. The van der Waals surface area contributed by atoms with Crippen molar-refractivity contribution in [2.24, 2.45) is 0 Å². The Morgan fingerprint density at radius 1 is 1.18 bits per heavy atom. The second-order valence-electron chi connectivity index (χ2n) is 8.48. The molecule has 2 aromatic heterocycles. The summed E-state index contributed by atoms with van der Waals surface area (Å²) in [6, 6.07) is 16.0. The summed E-state index contributed by atoms with van der Waals surface area (Å²) in [5.41, 5.74) is 1.18. The van der Waals surface area contributed by atoms with Crippen LogP contribution >= 0.6 is 51.2 Å². The Morgan fingerprint density at radius 2 is 2.00 bits per heavy atom. The van der Waals surface area contributed by atoms with Gasteiger partial charge in [-0.15, -0.1) is 11.3 Å². The maximum atomic E-state index is 13.4. The van der Waals surface area contributed by atoms with Gasteiger partial charge < -0.3 is 14.5 Å². The summed E-state index contributed by atoms with van der Waals surface area (Å²) in [5, 5.41) is 5.44. The molecule has 7 nitrogen and oxygen atoms in total. The molecule has 5 rings (SSSR count). The number of benzene rings is 2. The van der Waals surface area contributed by atoms with Gasteiger partial charge in [-0.05, 0) is 70.2 Å². The molecular weight excluding hydrogens is 620 g/mol.